The van der Waals surface area contributed by atoms with Gasteiger partial charge in [0.05, 0.1) is 16.3 Å². The van der Waals surface area contributed by atoms with Gasteiger partial charge in [0.2, 0.25) is 5.91 Å². The third-order valence-corrected chi connectivity index (χ3v) is 3.19. The molecule has 23 heavy (non-hydrogen) atoms. The van der Waals surface area contributed by atoms with E-state index >= 15 is 0 Å². The van der Waals surface area contributed by atoms with E-state index in [1.165, 1.54) is 0 Å². The fourth-order valence-electron chi connectivity index (χ4n) is 1.78. The summed E-state index contributed by atoms with van der Waals surface area (Å²) in [4.78, 5) is 11.7. The van der Waals surface area contributed by atoms with Crippen LogP contribution in [0.15, 0.2) is 28.8 Å². The number of aryl methyl sites for hydroxylation is 1. The van der Waals surface area contributed by atoms with E-state index in [9.17, 15) is 18.0 Å². The van der Waals surface area contributed by atoms with Crippen LogP contribution in [-0.2, 0) is 11.0 Å². The molecular weight excluding hydrogens is 335 g/mol. The second-order valence-electron chi connectivity index (χ2n) is 4.74. The van der Waals surface area contributed by atoms with Gasteiger partial charge in [-0.1, -0.05) is 16.8 Å². The van der Waals surface area contributed by atoms with E-state index in [1.807, 2.05) is 0 Å². The topological polar surface area (TPSA) is 67.2 Å². The van der Waals surface area contributed by atoms with E-state index in [0.717, 1.165) is 18.2 Å². The predicted octanol–water partition coefficient (Wildman–Crippen LogP) is 4.10. The number of hydrogen-bond donors (Lipinski definition) is 2. The quantitative estimate of drug-likeness (QED) is 0.854. The van der Waals surface area contributed by atoms with Crippen molar-refractivity contribution in [3.8, 4) is 0 Å². The minimum atomic E-state index is -4.46. The molecule has 1 heterocycles. The number of carbonyl (C=O) groups excluding carboxylic acids is 1. The molecule has 2 rings (SSSR count). The molecule has 2 aromatic rings. The van der Waals surface area contributed by atoms with Gasteiger partial charge < -0.3 is 15.2 Å². The number of nitrogens with zero attached hydrogens (tertiary/aromatic N) is 1. The number of anilines is 2. The summed E-state index contributed by atoms with van der Waals surface area (Å²) in [6.45, 7) is 1.80. The van der Waals surface area contributed by atoms with Crippen molar-refractivity contribution in [1.82, 2.24) is 5.16 Å². The monoisotopic (exact) mass is 347 g/mol. The van der Waals surface area contributed by atoms with Gasteiger partial charge in [-0.15, -0.1) is 0 Å². The smallest absolute Gasteiger partial charge is 0.383 e. The Morgan fingerprint density at radius 1 is 1.35 bits per heavy atom. The maximum Gasteiger partial charge on any atom is 0.416 e. The van der Waals surface area contributed by atoms with Gasteiger partial charge in [-0.25, -0.2) is 0 Å². The largest absolute Gasteiger partial charge is 0.416 e. The summed E-state index contributed by atoms with van der Waals surface area (Å²) < 4.78 is 42.7. The van der Waals surface area contributed by atoms with E-state index in [4.69, 9.17) is 16.1 Å². The van der Waals surface area contributed by atoms with Crippen molar-refractivity contribution in [3.05, 3.63) is 40.6 Å². The average Bonchev–Trinajstić information content (AvgIpc) is 2.84. The van der Waals surface area contributed by atoms with Gasteiger partial charge >= 0.3 is 6.18 Å². The Morgan fingerprint density at radius 2 is 2.09 bits per heavy atom. The molecule has 0 aliphatic heterocycles. The molecular formula is C14H13ClF3N3O2. The third kappa shape index (κ3) is 4.88. The molecule has 0 radical (unpaired) electrons. The lowest BCUT2D eigenvalue weighted by Gasteiger charge is -2.12. The Hall–Kier alpha value is -2.22. The number of amides is 1. The van der Waals surface area contributed by atoms with Gasteiger partial charge in [-0.2, -0.15) is 13.2 Å². The number of benzene rings is 1. The molecule has 0 aliphatic carbocycles. The lowest BCUT2D eigenvalue weighted by Crippen LogP contribution is -2.16. The van der Waals surface area contributed by atoms with Gasteiger partial charge in [-0.05, 0) is 25.1 Å². The molecule has 0 saturated carbocycles. The van der Waals surface area contributed by atoms with Crippen molar-refractivity contribution in [1.29, 1.82) is 0 Å². The lowest BCUT2D eigenvalue weighted by molar-refractivity contribution is -0.137. The van der Waals surface area contributed by atoms with Crippen LogP contribution in [0.1, 0.15) is 17.7 Å². The summed E-state index contributed by atoms with van der Waals surface area (Å²) in [5.74, 6) is 0.479. The molecule has 0 fully saturated rings. The van der Waals surface area contributed by atoms with Crippen LogP contribution in [-0.4, -0.2) is 17.6 Å². The highest BCUT2D eigenvalue weighted by atomic mass is 35.5. The number of aromatic nitrogens is 1. The third-order valence-electron chi connectivity index (χ3n) is 2.86. The van der Waals surface area contributed by atoms with Crippen LogP contribution in [0, 0.1) is 6.92 Å². The molecule has 0 spiro atoms. The number of alkyl halides is 3. The second kappa shape index (κ2) is 6.91. The van der Waals surface area contributed by atoms with Crippen LogP contribution in [0.2, 0.25) is 5.02 Å². The molecule has 0 unspecified atom stereocenters. The zero-order valence-electron chi connectivity index (χ0n) is 12.0. The van der Waals surface area contributed by atoms with Crippen LogP contribution in [0.4, 0.5) is 24.7 Å². The predicted molar refractivity (Wildman–Crippen MR) is 79.4 cm³/mol. The summed E-state index contributed by atoms with van der Waals surface area (Å²) in [6, 6.07) is 4.51. The van der Waals surface area contributed by atoms with Crippen molar-refractivity contribution in [2.24, 2.45) is 0 Å². The standard InChI is InChI=1S/C14H13ClF3N3O2/c1-8-6-12(21-23-8)20-13(22)4-5-19-11-7-9(14(16,17)18)2-3-10(11)15/h2-3,6-7,19H,4-5H2,1H3,(H,20,21,22). The van der Waals surface area contributed by atoms with E-state index in [-0.39, 0.29) is 35.4 Å². The van der Waals surface area contributed by atoms with E-state index < -0.39 is 11.7 Å². The molecule has 0 atom stereocenters. The minimum Gasteiger partial charge on any atom is -0.383 e. The molecule has 2 N–H and O–H groups in total. The molecule has 0 bridgehead atoms. The zero-order valence-corrected chi connectivity index (χ0v) is 12.8. The second-order valence-corrected chi connectivity index (χ2v) is 5.15. The van der Waals surface area contributed by atoms with E-state index in [2.05, 4.69) is 15.8 Å². The molecule has 0 aliphatic rings. The number of hydrogen-bond acceptors (Lipinski definition) is 4. The van der Waals surface area contributed by atoms with Crippen LogP contribution in [0.25, 0.3) is 0 Å². The summed E-state index contributed by atoms with van der Waals surface area (Å²) in [5, 5.41) is 8.96. The highest BCUT2D eigenvalue weighted by Crippen LogP contribution is 2.33. The van der Waals surface area contributed by atoms with Crippen LogP contribution < -0.4 is 10.6 Å². The molecule has 5 nitrogen and oxygen atoms in total. The minimum absolute atomic E-state index is 0.0263. The summed E-state index contributed by atoms with van der Waals surface area (Å²) in [7, 11) is 0. The molecule has 1 aromatic heterocycles. The Morgan fingerprint density at radius 3 is 2.70 bits per heavy atom. The van der Waals surface area contributed by atoms with Crippen molar-refractivity contribution in [2.45, 2.75) is 19.5 Å². The number of nitrogens with one attached hydrogen (secondary N) is 2. The van der Waals surface area contributed by atoms with Gasteiger partial charge in [0.15, 0.2) is 5.82 Å². The highest BCUT2D eigenvalue weighted by molar-refractivity contribution is 6.33. The first-order valence-electron chi connectivity index (χ1n) is 6.59. The summed E-state index contributed by atoms with van der Waals surface area (Å²) in [6.07, 6.45) is -4.43. The SMILES string of the molecule is Cc1cc(NC(=O)CCNc2cc(C(F)(F)F)ccc2Cl)no1. The number of carbonyl (C=O) groups is 1. The Bertz CT molecular complexity index is 701. The first-order valence-corrected chi connectivity index (χ1v) is 6.97. The Labute approximate surface area is 134 Å². The summed E-state index contributed by atoms with van der Waals surface area (Å²) >= 11 is 5.84. The summed E-state index contributed by atoms with van der Waals surface area (Å²) in [5.41, 5.74) is -0.696. The van der Waals surface area contributed by atoms with Crippen LogP contribution in [0.3, 0.4) is 0 Å². The number of halogens is 4. The first-order chi connectivity index (χ1) is 10.8. The maximum absolute atomic E-state index is 12.6. The maximum atomic E-state index is 12.6. The van der Waals surface area contributed by atoms with Crippen molar-refractivity contribution < 1.29 is 22.5 Å². The Kier molecular flexibility index (Phi) is 5.15. The van der Waals surface area contributed by atoms with Gasteiger partial charge in [0, 0.05) is 19.0 Å². The fourth-order valence-corrected chi connectivity index (χ4v) is 1.96. The van der Waals surface area contributed by atoms with Gasteiger partial charge in [0.1, 0.15) is 5.76 Å². The zero-order chi connectivity index (χ0) is 17.0. The van der Waals surface area contributed by atoms with Crippen molar-refractivity contribution >= 4 is 29.0 Å². The highest BCUT2D eigenvalue weighted by Gasteiger charge is 2.30. The van der Waals surface area contributed by atoms with E-state index in [0.29, 0.717) is 5.76 Å². The Balaban J connectivity index is 1.89. The lowest BCUT2D eigenvalue weighted by atomic mass is 10.2. The normalized spacial score (nSPS) is 11.3. The molecule has 1 amide bonds. The van der Waals surface area contributed by atoms with Crippen LogP contribution >= 0.6 is 11.6 Å². The van der Waals surface area contributed by atoms with Gasteiger partial charge in [0.25, 0.3) is 0 Å². The van der Waals surface area contributed by atoms with Crippen LogP contribution in [0.5, 0.6) is 0 Å². The first kappa shape index (κ1) is 17.1. The molecule has 1 aromatic carbocycles. The van der Waals surface area contributed by atoms with Crippen molar-refractivity contribution in [3.63, 3.8) is 0 Å². The number of rotatable bonds is 5. The van der Waals surface area contributed by atoms with E-state index in [1.54, 1.807) is 13.0 Å². The molecule has 9 heteroatoms. The molecule has 124 valence electrons. The van der Waals surface area contributed by atoms with Crippen molar-refractivity contribution in [2.75, 3.05) is 17.2 Å². The molecule has 0 saturated heterocycles. The average molecular weight is 348 g/mol. The van der Waals surface area contributed by atoms with Gasteiger partial charge in [-0.3, -0.25) is 4.79 Å². The fraction of sp³-hybridized carbons (Fsp3) is 0.286.